The fourth-order valence-corrected chi connectivity index (χ4v) is 2.68. The van der Waals surface area contributed by atoms with E-state index in [1.807, 2.05) is 13.8 Å². The van der Waals surface area contributed by atoms with Crippen molar-refractivity contribution in [2.24, 2.45) is 0 Å². The molecule has 96 valence electrons. The number of benzene rings is 1. The molecule has 6 nitrogen and oxygen atoms in total. The van der Waals surface area contributed by atoms with E-state index in [0.717, 1.165) is 11.1 Å². The zero-order valence-corrected chi connectivity index (χ0v) is 10.9. The van der Waals surface area contributed by atoms with Gasteiger partial charge in [-0.15, -0.1) is 0 Å². The number of aromatic nitrogens is 2. The minimum Gasteiger partial charge on any atom is -0.398 e. The topological polar surface area (TPSA) is 101 Å². The molecule has 0 saturated heterocycles. The van der Waals surface area contributed by atoms with E-state index < -0.39 is 10.0 Å². The molecule has 0 bridgehead atoms. The molecule has 0 saturated carbocycles. The van der Waals surface area contributed by atoms with Crippen LogP contribution in [0.25, 0.3) is 0 Å². The van der Waals surface area contributed by atoms with E-state index in [1.54, 1.807) is 6.07 Å². The summed E-state index contributed by atoms with van der Waals surface area (Å²) in [6.07, 6.45) is 2.85. The standard InChI is InChI=1S/C11H14N4O2S/c1-7-3-10(4-11(12)8(7)2)18(16,17)15-9-5-13-14-6-9/h3-6,15H,12H2,1-2H3,(H,13,14). The van der Waals surface area contributed by atoms with Crippen molar-refractivity contribution >= 4 is 21.4 Å². The van der Waals surface area contributed by atoms with Crippen molar-refractivity contribution in [3.05, 3.63) is 35.7 Å². The number of H-pyrrole nitrogens is 1. The molecule has 4 N–H and O–H groups in total. The summed E-state index contributed by atoms with van der Waals surface area (Å²) in [7, 11) is -3.64. The van der Waals surface area contributed by atoms with Crippen molar-refractivity contribution in [3.8, 4) is 0 Å². The number of aromatic amines is 1. The molecule has 18 heavy (non-hydrogen) atoms. The Morgan fingerprint density at radius 1 is 1.33 bits per heavy atom. The van der Waals surface area contributed by atoms with Crippen LogP contribution in [0.4, 0.5) is 11.4 Å². The molecule has 0 unspecified atom stereocenters. The first-order valence-electron chi connectivity index (χ1n) is 5.28. The first-order valence-corrected chi connectivity index (χ1v) is 6.77. The number of nitrogen functional groups attached to an aromatic ring is 1. The fourth-order valence-electron chi connectivity index (χ4n) is 1.53. The Bertz CT molecular complexity index is 639. The maximum Gasteiger partial charge on any atom is 0.262 e. The van der Waals surface area contributed by atoms with E-state index in [2.05, 4.69) is 14.9 Å². The summed E-state index contributed by atoms with van der Waals surface area (Å²) >= 11 is 0. The van der Waals surface area contributed by atoms with Crippen molar-refractivity contribution in [2.45, 2.75) is 18.7 Å². The number of anilines is 2. The molecule has 0 spiro atoms. The molecule has 0 fully saturated rings. The Morgan fingerprint density at radius 3 is 2.61 bits per heavy atom. The average molecular weight is 266 g/mol. The van der Waals surface area contributed by atoms with Crippen LogP contribution >= 0.6 is 0 Å². The number of sulfonamides is 1. The summed E-state index contributed by atoms with van der Waals surface area (Å²) in [5.41, 5.74) is 8.34. The lowest BCUT2D eigenvalue weighted by molar-refractivity contribution is 0.601. The van der Waals surface area contributed by atoms with Crippen molar-refractivity contribution in [2.75, 3.05) is 10.5 Å². The minimum atomic E-state index is -3.64. The minimum absolute atomic E-state index is 0.143. The zero-order valence-electron chi connectivity index (χ0n) is 10.1. The van der Waals surface area contributed by atoms with Crippen molar-refractivity contribution in [1.82, 2.24) is 10.2 Å². The highest BCUT2D eigenvalue weighted by Gasteiger charge is 2.16. The molecular weight excluding hydrogens is 252 g/mol. The Balaban J connectivity index is 2.42. The number of hydrogen-bond donors (Lipinski definition) is 3. The molecule has 0 aliphatic carbocycles. The lowest BCUT2D eigenvalue weighted by atomic mass is 10.1. The summed E-state index contributed by atoms with van der Waals surface area (Å²) in [5.74, 6) is 0. The molecule has 0 aliphatic rings. The second-order valence-electron chi connectivity index (χ2n) is 4.05. The summed E-state index contributed by atoms with van der Waals surface area (Å²) < 4.78 is 26.6. The molecule has 0 amide bonds. The summed E-state index contributed by atoms with van der Waals surface area (Å²) in [5, 5.41) is 6.21. The van der Waals surface area contributed by atoms with Crippen LogP contribution < -0.4 is 10.5 Å². The highest BCUT2D eigenvalue weighted by atomic mass is 32.2. The molecule has 0 atom stereocenters. The van der Waals surface area contributed by atoms with Gasteiger partial charge in [-0.05, 0) is 37.1 Å². The van der Waals surface area contributed by atoms with Crippen LogP contribution in [0.15, 0.2) is 29.4 Å². The normalized spacial score (nSPS) is 11.4. The summed E-state index contributed by atoms with van der Waals surface area (Å²) in [6, 6.07) is 3.04. The van der Waals surface area contributed by atoms with Gasteiger partial charge in [-0.3, -0.25) is 9.82 Å². The second kappa shape index (κ2) is 4.34. The van der Waals surface area contributed by atoms with Gasteiger partial charge < -0.3 is 5.73 Å². The predicted octanol–water partition coefficient (Wildman–Crippen LogP) is 1.41. The lowest BCUT2D eigenvalue weighted by Crippen LogP contribution is -2.13. The lowest BCUT2D eigenvalue weighted by Gasteiger charge is -2.10. The maximum atomic E-state index is 12.1. The van der Waals surface area contributed by atoms with Crippen LogP contribution in [0.3, 0.4) is 0 Å². The molecule has 2 aromatic rings. The van der Waals surface area contributed by atoms with Gasteiger partial charge in [0.25, 0.3) is 10.0 Å². The average Bonchev–Trinajstić information content (AvgIpc) is 2.77. The third kappa shape index (κ3) is 2.30. The monoisotopic (exact) mass is 266 g/mol. The molecule has 2 rings (SSSR count). The molecule has 1 aromatic carbocycles. The quantitative estimate of drug-likeness (QED) is 0.731. The van der Waals surface area contributed by atoms with E-state index in [4.69, 9.17) is 5.73 Å². The van der Waals surface area contributed by atoms with Crippen LogP contribution in [-0.4, -0.2) is 18.6 Å². The van der Waals surface area contributed by atoms with Crippen molar-refractivity contribution < 1.29 is 8.42 Å². The Kier molecular flexibility index (Phi) is 3.00. The smallest absolute Gasteiger partial charge is 0.262 e. The number of nitrogens with two attached hydrogens (primary N) is 1. The third-order valence-corrected chi connectivity index (χ3v) is 4.10. The zero-order chi connectivity index (χ0) is 13.3. The molecule has 1 heterocycles. The van der Waals surface area contributed by atoms with Gasteiger partial charge in [-0.2, -0.15) is 5.10 Å². The van der Waals surface area contributed by atoms with Crippen LogP contribution in [-0.2, 0) is 10.0 Å². The first kappa shape index (κ1) is 12.4. The van der Waals surface area contributed by atoms with Gasteiger partial charge in [0.2, 0.25) is 0 Å². The SMILES string of the molecule is Cc1cc(S(=O)(=O)Nc2cn[nH]c2)cc(N)c1C. The number of hydrogen-bond acceptors (Lipinski definition) is 4. The number of aryl methyl sites for hydroxylation is 1. The number of nitrogens with one attached hydrogen (secondary N) is 2. The van der Waals surface area contributed by atoms with Crippen molar-refractivity contribution in [1.29, 1.82) is 0 Å². The Hall–Kier alpha value is -2.02. The number of nitrogens with zero attached hydrogens (tertiary/aromatic N) is 1. The summed E-state index contributed by atoms with van der Waals surface area (Å²) in [4.78, 5) is 0.143. The first-order chi connectivity index (χ1) is 8.40. The van der Waals surface area contributed by atoms with Gasteiger partial charge in [0, 0.05) is 11.9 Å². The highest BCUT2D eigenvalue weighted by Crippen LogP contribution is 2.23. The van der Waals surface area contributed by atoms with Crippen LogP contribution in [0.5, 0.6) is 0 Å². The molecule has 0 aliphatic heterocycles. The van der Waals surface area contributed by atoms with Crippen LogP contribution in [0.1, 0.15) is 11.1 Å². The van der Waals surface area contributed by atoms with Crippen molar-refractivity contribution in [3.63, 3.8) is 0 Å². The fraction of sp³-hybridized carbons (Fsp3) is 0.182. The third-order valence-electron chi connectivity index (χ3n) is 2.74. The molecule has 7 heteroatoms. The number of rotatable bonds is 3. The van der Waals surface area contributed by atoms with Gasteiger partial charge in [-0.1, -0.05) is 0 Å². The largest absolute Gasteiger partial charge is 0.398 e. The Labute approximate surface area is 105 Å². The van der Waals surface area contributed by atoms with Crippen LogP contribution in [0, 0.1) is 13.8 Å². The molecule has 1 aromatic heterocycles. The Morgan fingerprint density at radius 2 is 2.06 bits per heavy atom. The van der Waals surface area contributed by atoms with E-state index in [1.165, 1.54) is 18.5 Å². The van der Waals surface area contributed by atoms with E-state index in [0.29, 0.717) is 11.4 Å². The summed E-state index contributed by atoms with van der Waals surface area (Å²) in [6.45, 7) is 3.67. The van der Waals surface area contributed by atoms with Gasteiger partial charge in [0.05, 0.1) is 16.8 Å². The maximum absolute atomic E-state index is 12.1. The van der Waals surface area contributed by atoms with E-state index in [-0.39, 0.29) is 4.90 Å². The van der Waals surface area contributed by atoms with Gasteiger partial charge in [0.15, 0.2) is 0 Å². The van der Waals surface area contributed by atoms with Gasteiger partial charge >= 0.3 is 0 Å². The predicted molar refractivity (Wildman–Crippen MR) is 69.7 cm³/mol. The van der Waals surface area contributed by atoms with E-state index in [9.17, 15) is 8.42 Å². The van der Waals surface area contributed by atoms with Crippen LogP contribution in [0.2, 0.25) is 0 Å². The van der Waals surface area contributed by atoms with Gasteiger partial charge in [0.1, 0.15) is 0 Å². The molecular formula is C11H14N4O2S. The second-order valence-corrected chi connectivity index (χ2v) is 5.73. The highest BCUT2D eigenvalue weighted by molar-refractivity contribution is 7.92. The van der Waals surface area contributed by atoms with E-state index >= 15 is 0 Å². The van der Waals surface area contributed by atoms with Gasteiger partial charge in [-0.25, -0.2) is 8.42 Å². The molecule has 0 radical (unpaired) electrons.